The predicted molar refractivity (Wildman–Crippen MR) is 127 cm³/mol. The number of imide groups is 1. The van der Waals surface area contributed by atoms with E-state index in [0.29, 0.717) is 11.3 Å². The van der Waals surface area contributed by atoms with Crippen LogP contribution in [-0.2, 0) is 9.59 Å². The van der Waals surface area contributed by atoms with Crippen LogP contribution < -0.4 is 10.2 Å². The molecule has 1 heterocycles. The molecule has 3 amide bonds. The van der Waals surface area contributed by atoms with Crippen LogP contribution >= 0.6 is 31.9 Å². The molecule has 1 aliphatic heterocycles. The summed E-state index contributed by atoms with van der Waals surface area (Å²) in [5.41, 5.74) is 3.73. The fourth-order valence-electron chi connectivity index (χ4n) is 5.64. The van der Waals surface area contributed by atoms with Crippen molar-refractivity contribution in [2.24, 2.45) is 23.7 Å². The summed E-state index contributed by atoms with van der Waals surface area (Å²) in [6.07, 6.45) is 0.894. The highest BCUT2D eigenvalue weighted by Crippen LogP contribution is 2.60. The van der Waals surface area contributed by atoms with Gasteiger partial charge in [0.05, 0.1) is 17.5 Å². The molecule has 7 heteroatoms. The minimum absolute atomic E-state index is 0.141. The zero-order valence-electron chi connectivity index (χ0n) is 17.1. The van der Waals surface area contributed by atoms with Gasteiger partial charge in [-0.1, -0.05) is 44.0 Å². The number of fused-ring (bicyclic) bond motifs is 5. The van der Waals surface area contributed by atoms with E-state index in [9.17, 15) is 14.4 Å². The predicted octanol–water partition coefficient (Wildman–Crippen LogP) is 4.84. The van der Waals surface area contributed by atoms with Gasteiger partial charge in [0, 0.05) is 20.9 Å². The molecule has 2 saturated carbocycles. The van der Waals surface area contributed by atoms with Gasteiger partial charge in [0.2, 0.25) is 11.8 Å². The van der Waals surface area contributed by atoms with Gasteiger partial charge in [0.1, 0.15) is 0 Å². The second-order valence-corrected chi connectivity index (χ2v) is 11.0. The third-order valence-electron chi connectivity index (χ3n) is 6.83. The van der Waals surface area contributed by atoms with Crippen molar-refractivity contribution in [3.8, 4) is 0 Å². The van der Waals surface area contributed by atoms with Crippen LogP contribution in [0, 0.1) is 37.5 Å². The lowest BCUT2D eigenvalue weighted by Gasteiger charge is -2.28. The maximum Gasteiger partial charge on any atom is 0.255 e. The molecule has 2 aliphatic carbocycles. The van der Waals surface area contributed by atoms with Crippen LogP contribution in [0.2, 0.25) is 0 Å². The largest absolute Gasteiger partial charge is 0.322 e. The van der Waals surface area contributed by atoms with E-state index < -0.39 is 0 Å². The Balaban J connectivity index is 1.41. The third kappa shape index (κ3) is 3.28. The SMILES string of the molecule is Cc1cc(C)cc(NC(=O)c2cccc(N3C(=O)[C@@H]4[C@H]5C[C@@H]([C@H](Br)[C@H]5Br)[C@H]4C3=O)c2)c1. The van der Waals surface area contributed by atoms with E-state index in [0.717, 1.165) is 23.2 Å². The quantitative estimate of drug-likeness (QED) is 0.443. The number of benzene rings is 2. The lowest BCUT2D eigenvalue weighted by Crippen LogP contribution is -2.37. The lowest BCUT2D eigenvalue weighted by atomic mass is 9.81. The first-order chi connectivity index (χ1) is 14.8. The molecular weight excluding hydrogens is 524 g/mol. The molecule has 2 bridgehead atoms. The van der Waals surface area contributed by atoms with Gasteiger partial charge < -0.3 is 5.32 Å². The number of anilines is 2. The standard InChI is InChI=1S/C24H22Br2N2O3/c1-11-6-12(2)8-14(7-11)27-22(29)13-4-3-5-15(9-13)28-23(30)18-16-10-17(19(18)24(28)31)21(26)20(16)25/h3-9,16-21H,10H2,1-2H3,(H,27,29)/t16-,17-,18-,19-,20+,21+/m1/s1. The van der Waals surface area contributed by atoms with Crippen molar-refractivity contribution in [2.45, 2.75) is 29.9 Å². The second kappa shape index (κ2) is 7.55. The number of alkyl halides is 2. The highest BCUT2D eigenvalue weighted by molar-refractivity contribution is 9.12. The highest BCUT2D eigenvalue weighted by Gasteiger charge is 2.66. The summed E-state index contributed by atoms with van der Waals surface area (Å²) >= 11 is 7.42. The van der Waals surface area contributed by atoms with Gasteiger partial charge >= 0.3 is 0 Å². The maximum absolute atomic E-state index is 13.3. The molecule has 3 aliphatic rings. The smallest absolute Gasteiger partial charge is 0.255 e. The molecule has 6 atom stereocenters. The molecule has 0 radical (unpaired) electrons. The number of carbonyl (C=O) groups is 3. The minimum atomic E-state index is -0.275. The molecule has 5 nitrogen and oxygen atoms in total. The molecule has 0 aromatic heterocycles. The first-order valence-corrected chi connectivity index (χ1v) is 12.2. The Morgan fingerprint density at radius 1 is 0.935 bits per heavy atom. The molecule has 0 unspecified atom stereocenters. The highest BCUT2D eigenvalue weighted by atomic mass is 79.9. The van der Waals surface area contributed by atoms with Crippen molar-refractivity contribution >= 4 is 61.0 Å². The number of amides is 3. The number of halogens is 2. The third-order valence-corrected chi connectivity index (χ3v) is 10.0. The summed E-state index contributed by atoms with van der Waals surface area (Å²) in [5, 5.41) is 2.92. The molecule has 160 valence electrons. The van der Waals surface area contributed by atoms with Gasteiger partial charge in [-0.25, -0.2) is 0 Å². The van der Waals surface area contributed by atoms with Crippen LogP contribution in [0.5, 0.6) is 0 Å². The number of nitrogens with one attached hydrogen (secondary N) is 1. The normalized spacial score (nSPS) is 31.3. The van der Waals surface area contributed by atoms with E-state index in [4.69, 9.17) is 0 Å². The van der Waals surface area contributed by atoms with Gasteiger partial charge in [0.15, 0.2) is 0 Å². The first kappa shape index (κ1) is 20.9. The van der Waals surface area contributed by atoms with E-state index in [1.165, 1.54) is 4.90 Å². The molecule has 1 N–H and O–H groups in total. The zero-order valence-corrected chi connectivity index (χ0v) is 20.3. The number of carbonyl (C=O) groups excluding carboxylic acids is 3. The molecule has 2 aromatic carbocycles. The van der Waals surface area contributed by atoms with E-state index in [1.54, 1.807) is 24.3 Å². The number of hydrogen-bond donors (Lipinski definition) is 1. The minimum Gasteiger partial charge on any atom is -0.322 e. The molecule has 5 rings (SSSR count). The number of hydrogen-bond acceptors (Lipinski definition) is 3. The van der Waals surface area contributed by atoms with Crippen molar-refractivity contribution in [1.82, 2.24) is 0 Å². The number of nitrogens with zero attached hydrogens (tertiary/aromatic N) is 1. The van der Waals surface area contributed by atoms with Crippen molar-refractivity contribution in [3.63, 3.8) is 0 Å². The zero-order chi connectivity index (χ0) is 22.0. The molecule has 3 fully saturated rings. The van der Waals surface area contributed by atoms with Gasteiger partial charge in [-0.05, 0) is 73.6 Å². The Hall–Kier alpha value is -1.99. The van der Waals surface area contributed by atoms with Crippen LogP contribution in [0.15, 0.2) is 42.5 Å². The van der Waals surface area contributed by atoms with E-state index in [1.807, 2.05) is 32.0 Å². The monoisotopic (exact) mass is 544 g/mol. The van der Waals surface area contributed by atoms with Crippen molar-refractivity contribution in [3.05, 3.63) is 59.2 Å². The summed E-state index contributed by atoms with van der Waals surface area (Å²) < 4.78 is 0. The van der Waals surface area contributed by atoms with Crippen LogP contribution in [0.25, 0.3) is 0 Å². The lowest BCUT2D eigenvalue weighted by molar-refractivity contribution is -0.123. The van der Waals surface area contributed by atoms with Crippen molar-refractivity contribution in [2.75, 3.05) is 10.2 Å². The Labute approximate surface area is 197 Å². The van der Waals surface area contributed by atoms with Crippen LogP contribution in [0.4, 0.5) is 11.4 Å². The first-order valence-electron chi connectivity index (χ1n) is 10.4. The Morgan fingerprint density at radius 3 is 2.10 bits per heavy atom. The molecule has 31 heavy (non-hydrogen) atoms. The summed E-state index contributed by atoms with van der Waals surface area (Å²) in [7, 11) is 0. The van der Waals surface area contributed by atoms with Gasteiger partial charge in [-0.15, -0.1) is 0 Å². The van der Waals surface area contributed by atoms with E-state index in [2.05, 4.69) is 37.2 Å². The van der Waals surface area contributed by atoms with Crippen LogP contribution in [0.3, 0.4) is 0 Å². The van der Waals surface area contributed by atoms with Crippen LogP contribution in [0.1, 0.15) is 27.9 Å². The Morgan fingerprint density at radius 2 is 1.52 bits per heavy atom. The molecule has 0 spiro atoms. The second-order valence-electron chi connectivity index (χ2n) is 8.90. The van der Waals surface area contributed by atoms with Crippen molar-refractivity contribution in [1.29, 1.82) is 0 Å². The topological polar surface area (TPSA) is 66.5 Å². The summed E-state index contributed by atoms with van der Waals surface area (Å²) in [4.78, 5) is 41.1. The fourth-order valence-corrected chi connectivity index (χ4v) is 7.51. The van der Waals surface area contributed by atoms with E-state index in [-0.39, 0.29) is 51.0 Å². The Kier molecular flexibility index (Phi) is 5.09. The van der Waals surface area contributed by atoms with Gasteiger partial charge in [0.25, 0.3) is 5.91 Å². The van der Waals surface area contributed by atoms with Crippen LogP contribution in [-0.4, -0.2) is 27.4 Å². The van der Waals surface area contributed by atoms with Gasteiger partial charge in [-0.3, -0.25) is 19.3 Å². The average Bonchev–Trinajstić information content (AvgIpc) is 3.32. The maximum atomic E-state index is 13.3. The fraction of sp³-hybridized carbons (Fsp3) is 0.375. The summed E-state index contributed by atoms with van der Waals surface area (Å²) in [6.45, 7) is 3.96. The number of rotatable bonds is 3. The molecule has 1 saturated heterocycles. The average molecular weight is 546 g/mol. The number of aryl methyl sites for hydroxylation is 2. The van der Waals surface area contributed by atoms with Crippen molar-refractivity contribution < 1.29 is 14.4 Å². The summed E-state index contributed by atoms with van der Waals surface area (Å²) in [6, 6.07) is 12.6. The molecule has 2 aromatic rings. The Bertz CT molecular complexity index is 1070. The summed E-state index contributed by atoms with van der Waals surface area (Å²) in [5.74, 6) is -0.774. The molecular formula is C24H22Br2N2O3. The van der Waals surface area contributed by atoms with Gasteiger partial charge in [-0.2, -0.15) is 0 Å². The van der Waals surface area contributed by atoms with E-state index >= 15 is 0 Å².